The van der Waals surface area contributed by atoms with Gasteiger partial charge in [-0.15, -0.1) is 0 Å². The first-order valence-corrected chi connectivity index (χ1v) is 7.48. The number of nitrogens with zero attached hydrogens (tertiary/aromatic N) is 2. The predicted molar refractivity (Wildman–Crippen MR) is 81.1 cm³/mol. The summed E-state index contributed by atoms with van der Waals surface area (Å²) in [5.41, 5.74) is 3.09. The van der Waals surface area contributed by atoms with Crippen molar-refractivity contribution in [1.29, 1.82) is 0 Å². The molecule has 0 unspecified atom stereocenters. The molecule has 20 heavy (non-hydrogen) atoms. The van der Waals surface area contributed by atoms with Gasteiger partial charge < -0.3 is 9.72 Å². The monoisotopic (exact) mass is 285 g/mol. The molecule has 3 rings (SSSR count). The van der Waals surface area contributed by atoms with Gasteiger partial charge in [0.05, 0.1) is 23.8 Å². The Morgan fingerprint density at radius 2 is 2.15 bits per heavy atom. The number of aromatic nitrogens is 3. The van der Waals surface area contributed by atoms with Gasteiger partial charge in [-0.2, -0.15) is 0 Å². The molecule has 2 heterocycles. The van der Waals surface area contributed by atoms with Crippen LogP contribution in [-0.4, -0.2) is 21.6 Å². The number of H-pyrrole nitrogens is 1. The maximum absolute atomic E-state index is 5.63. The summed E-state index contributed by atoms with van der Waals surface area (Å²) in [5.74, 6) is 1.77. The number of hydrogen-bond acceptors (Lipinski definition) is 4. The number of ether oxygens (including phenoxy) is 1. The van der Waals surface area contributed by atoms with E-state index < -0.39 is 0 Å². The minimum absolute atomic E-state index is 0.679. The van der Waals surface area contributed by atoms with Gasteiger partial charge in [-0.3, -0.25) is 4.98 Å². The fraction of sp³-hybridized carbons (Fsp3) is 0.200. The molecule has 0 spiro atoms. The van der Waals surface area contributed by atoms with E-state index in [0.717, 1.165) is 27.7 Å². The van der Waals surface area contributed by atoms with E-state index >= 15 is 0 Å². The summed E-state index contributed by atoms with van der Waals surface area (Å²) in [4.78, 5) is 11.9. The molecule has 3 aromatic rings. The fourth-order valence-electron chi connectivity index (χ4n) is 1.97. The van der Waals surface area contributed by atoms with Crippen LogP contribution in [0.1, 0.15) is 12.5 Å². The van der Waals surface area contributed by atoms with E-state index in [2.05, 4.69) is 21.0 Å². The van der Waals surface area contributed by atoms with Gasteiger partial charge in [-0.25, -0.2) is 4.98 Å². The Morgan fingerprint density at radius 1 is 1.25 bits per heavy atom. The molecule has 0 saturated heterocycles. The summed E-state index contributed by atoms with van der Waals surface area (Å²) in [7, 11) is 0. The highest BCUT2D eigenvalue weighted by molar-refractivity contribution is 7.98. The lowest BCUT2D eigenvalue weighted by atomic mass is 10.2. The summed E-state index contributed by atoms with van der Waals surface area (Å²) in [6.45, 7) is 2.67. The lowest BCUT2D eigenvalue weighted by Crippen LogP contribution is -1.95. The number of aromatic amines is 1. The van der Waals surface area contributed by atoms with Gasteiger partial charge in [-0.05, 0) is 19.1 Å². The third-order valence-electron chi connectivity index (χ3n) is 2.90. The lowest BCUT2D eigenvalue weighted by molar-refractivity contribution is 0.337. The van der Waals surface area contributed by atoms with Crippen LogP contribution in [0.4, 0.5) is 0 Å². The first-order valence-electron chi connectivity index (χ1n) is 6.50. The minimum atomic E-state index is 0.679. The largest absolute Gasteiger partial charge is 0.494 e. The molecule has 5 heteroatoms. The third-order valence-corrected chi connectivity index (χ3v) is 3.82. The number of thioether (sulfide) groups is 1. The van der Waals surface area contributed by atoms with E-state index in [9.17, 15) is 0 Å². The maximum Gasteiger partial charge on any atom is 0.166 e. The topological polar surface area (TPSA) is 50.8 Å². The van der Waals surface area contributed by atoms with E-state index in [4.69, 9.17) is 4.74 Å². The molecule has 0 fully saturated rings. The van der Waals surface area contributed by atoms with Crippen LogP contribution in [0.25, 0.3) is 11.0 Å². The first kappa shape index (κ1) is 13.0. The zero-order valence-electron chi connectivity index (χ0n) is 11.2. The van der Waals surface area contributed by atoms with Crippen molar-refractivity contribution in [3.63, 3.8) is 0 Å². The normalized spacial score (nSPS) is 10.8. The van der Waals surface area contributed by atoms with Gasteiger partial charge in [0.2, 0.25) is 0 Å². The number of hydrogen-bond donors (Lipinski definition) is 1. The van der Waals surface area contributed by atoms with Crippen molar-refractivity contribution < 1.29 is 4.74 Å². The van der Waals surface area contributed by atoms with Crippen molar-refractivity contribution >= 4 is 22.8 Å². The molecule has 0 radical (unpaired) electrons. The van der Waals surface area contributed by atoms with E-state index in [1.807, 2.05) is 31.2 Å². The SMILES string of the molecule is CCOc1ccccc1CSc1nc2ccncc2[nH]1. The summed E-state index contributed by atoms with van der Waals surface area (Å²) >= 11 is 1.66. The number of nitrogens with one attached hydrogen (secondary N) is 1. The second-order valence-corrected chi connectivity index (χ2v) is 5.23. The number of pyridine rings is 1. The first-order chi connectivity index (χ1) is 9.86. The van der Waals surface area contributed by atoms with Gasteiger partial charge in [0.15, 0.2) is 5.16 Å². The Balaban J connectivity index is 1.76. The standard InChI is InChI=1S/C15H15N3OS/c1-2-19-14-6-4-3-5-11(14)10-20-15-17-12-7-8-16-9-13(12)18-15/h3-9H,2,10H2,1H3,(H,17,18). The van der Waals surface area contributed by atoms with Gasteiger partial charge in [-0.1, -0.05) is 30.0 Å². The minimum Gasteiger partial charge on any atom is -0.494 e. The lowest BCUT2D eigenvalue weighted by Gasteiger charge is -2.08. The Kier molecular flexibility index (Phi) is 3.87. The zero-order valence-corrected chi connectivity index (χ0v) is 12.0. The number of imidazole rings is 1. The molecule has 2 aromatic heterocycles. The van der Waals surface area contributed by atoms with Crippen molar-refractivity contribution in [3.05, 3.63) is 48.3 Å². The molecule has 0 bridgehead atoms. The number of benzene rings is 1. The summed E-state index contributed by atoms with van der Waals surface area (Å²) < 4.78 is 5.63. The van der Waals surface area contributed by atoms with Crippen LogP contribution in [0.15, 0.2) is 47.9 Å². The van der Waals surface area contributed by atoms with Crippen LogP contribution in [-0.2, 0) is 5.75 Å². The molecule has 0 aliphatic carbocycles. The average Bonchev–Trinajstić information content (AvgIpc) is 2.89. The summed E-state index contributed by atoms with van der Waals surface area (Å²) in [6.07, 6.45) is 3.54. The van der Waals surface area contributed by atoms with Crippen molar-refractivity contribution in [2.75, 3.05) is 6.61 Å². The molecule has 1 aromatic carbocycles. The molecular formula is C15H15N3OS. The van der Waals surface area contributed by atoms with Crippen molar-refractivity contribution in [2.45, 2.75) is 17.8 Å². The van der Waals surface area contributed by atoms with Crippen LogP contribution in [0, 0.1) is 0 Å². The molecule has 1 N–H and O–H groups in total. The van der Waals surface area contributed by atoms with E-state index in [1.54, 1.807) is 24.2 Å². The molecule has 0 saturated carbocycles. The maximum atomic E-state index is 5.63. The Bertz CT molecular complexity index is 678. The number of fused-ring (bicyclic) bond motifs is 1. The Hall–Kier alpha value is -2.01. The van der Waals surface area contributed by atoms with Crippen LogP contribution < -0.4 is 4.74 Å². The fourth-order valence-corrected chi connectivity index (χ4v) is 2.84. The molecule has 0 atom stereocenters. The molecule has 0 amide bonds. The summed E-state index contributed by atoms with van der Waals surface area (Å²) in [5, 5.41) is 0.902. The third kappa shape index (κ3) is 2.77. The smallest absolute Gasteiger partial charge is 0.166 e. The summed E-state index contributed by atoms with van der Waals surface area (Å²) in [6, 6.07) is 10.0. The molecular weight excluding hydrogens is 270 g/mol. The molecule has 4 nitrogen and oxygen atoms in total. The Morgan fingerprint density at radius 3 is 3.00 bits per heavy atom. The highest BCUT2D eigenvalue weighted by Crippen LogP contribution is 2.27. The quantitative estimate of drug-likeness (QED) is 0.727. The second kappa shape index (κ2) is 5.96. The van der Waals surface area contributed by atoms with E-state index in [0.29, 0.717) is 6.61 Å². The molecule has 0 aliphatic rings. The van der Waals surface area contributed by atoms with Crippen molar-refractivity contribution in [1.82, 2.24) is 15.0 Å². The highest BCUT2D eigenvalue weighted by atomic mass is 32.2. The van der Waals surface area contributed by atoms with Crippen molar-refractivity contribution in [2.24, 2.45) is 0 Å². The van der Waals surface area contributed by atoms with Gasteiger partial charge in [0, 0.05) is 17.5 Å². The average molecular weight is 285 g/mol. The zero-order chi connectivity index (χ0) is 13.8. The number of rotatable bonds is 5. The predicted octanol–water partition coefficient (Wildman–Crippen LogP) is 3.65. The van der Waals surface area contributed by atoms with Crippen LogP contribution in [0.2, 0.25) is 0 Å². The second-order valence-electron chi connectivity index (χ2n) is 4.26. The Labute approximate surface area is 121 Å². The van der Waals surface area contributed by atoms with Crippen LogP contribution in [0.3, 0.4) is 0 Å². The van der Waals surface area contributed by atoms with Crippen LogP contribution in [0.5, 0.6) is 5.75 Å². The van der Waals surface area contributed by atoms with Crippen molar-refractivity contribution in [3.8, 4) is 5.75 Å². The van der Waals surface area contributed by atoms with E-state index in [-0.39, 0.29) is 0 Å². The number of para-hydroxylation sites is 1. The van der Waals surface area contributed by atoms with E-state index in [1.165, 1.54) is 5.56 Å². The van der Waals surface area contributed by atoms with Gasteiger partial charge >= 0.3 is 0 Å². The van der Waals surface area contributed by atoms with Crippen LogP contribution >= 0.6 is 11.8 Å². The molecule has 0 aliphatic heterocycles. The van der Waals surface area contributed by atoms with Gasteiger partial charge in [0.1, 0.15) is 5.75 Å². The highest BCUT2D eigenvalue weighted by Gasteiger charge is 2.06. The molecule has 102 valence electrons. The van der Waals surface area contributed by atoms with Gasteiger partial charge in [0.25, 0.3) is 0 Å².